The lowest BCUT2D eigenvalue weighted by Crippen LogP contribution is -2.39. The molecule has 1 amide bonds. The van der Waals surface area contributed by atoms with E-state index >= 15 is 0 Å². The summed E-state index contributed by atoms with van der Waals surface area (Å²) in [6.07, 6.45) is -2.29. The molecule has 0 aliphatic rings. The molecule has 0 aliphatic carbocycles. The van der Waals surface area contributed by atoms with E-state index in [0.717, 1.165) is 6.92 Å². The van der Waals surface area contributed by atoms with Crippen LogP contribution < -0.4 is 5.32 Å². The van der Waals surface area contributed by atoms with Crippen molar-refractivity contribution < 1.29 is 23.8 Å². The van der Waals surface area contributed by atoms with Gasteiger partial charge < -0.3 is 15.2 Å². The molecule has 0 aromatic rings. The Hall–Kier alpha value is -1.33. The molecule has 0 rings (SSSR count). The molecule has 0 aliphatic heterocycles. The molecule has 6 heteroatoms. The maximum atomic E-state index is 12.8. The van der Waals surface area contributed by atoms with Crippen LogP contribution in [0, 0.1) is 5.92 Å². The van der Waals surface area contributed by atoms with Gasteiger partial charge in [0, 0.05) is 6.54 Å². The molecule has 0 heterocycles. The molecular formula is C10H18FNO4. The first-order valence-electron chi connectivity index (χ1n) is 4.97. The third-order valence-corrected chi connectivity index (χ3v) is 1.74. The fourth-order valence-corrected chi connectivity index (χ4v) is 0.954. The van der Waals surface area contributed by atoms with Crippen molar-refractivity contribution in [2.45, 2.75) is 39.5 Å². The van der Waals surface area contributed by atoms with E-state index < -0.39 is 29.8 Å². The SMILES string of the molecule is CC(F)C(CNC(=O)OC(C)(C)C)C(=O)O. The number of carbonyl (C=O) groups excluding carboxylic acids is 1. The second-order valence-corrected chi connectivity index (χ2v) is 4.51. The Bertz CT molecular complexity index is 260. The van der Waals surface area contributed by atoms with E-state index in [1.807, 2.05) is 0 Å². The summed E-state index contributed by atoms with van der Waals surface area (Å²) in [5.41, 5.74) is -0.663. The minimum absolute atomic E-state index is 0.290. The zero-order chi connectivity index (χ0) is 12.9. The first kappa shape index (κ1) is 14.7. The van der Waals surface area contributed by atoms with E-state index in [0.29, 0.717) is 0 Å². The van der Waals surface area contributed by atoms with E-state index in [4.69, 9.17) is 9.84 Å². The number of alkyl carbamates (subject to hydrolysis) is 1. The van der Waals surface area contributed by atoms with Crippen LogP contribution in [-0.4, -0.2) is 35.5 Å². The average Bonchev–Trinajstić information content (AvgIpc) is 1.98. The maximum Gasteiger partial charge on any atom is 0.407 e. The van der Waals surface area contributed by atoms with Gasteiger partial charge in [0.2, 0.25) is 0 Å². The second kappa shape index (κ2) is 5.67. The van der Waals surface area contributed by atoms with Crippen LogP contribution in [0.4, 0.5) is 9.18 Å². The van der Waals surface area contributed by atoms with Gasteiger partial charge in [0.25, 0.3) is 0 Å². The molecular weight excluding hydrogens is 217 g/mol. The quantitative estimate of drug-likeness (QED) is 0.775. The van der Waals surface area contributed by atoms with E-state index in [-0.39, 0.29) is 6.54 Å². The summed E-state index contributed by atoms with van der Waals surface area (Å²) < 4.78 is 17.7. The molecule has 0 aromatic carbocycles. The fourth-order valence-electron chi connectivity index (χ4n) is 0.954. The molecule has 0 saturated heterocycles. The van der Waals surface area contributed by atoms with E-state index in [1.165, 1.54) is 0 Å². The topological polar surface area (TPSA) is 75.6 Å². The lowest BCUT2D eigenvalue weighted by atomic mass is 10.1. The minimum atomic E-state index is -1.53. The lowest BCUT2D eigenvalue weighted by molar-refractivity contribution is -0.143. The Balaban J connectivity index is 4.12. The minimum Gasteiger partial charge on any atom is -0.481 e. The van der Waals surface area contributed by atoms with E-state index in [9.17, 15) is 14.0 Å². The second-order valence-electron chi connectivity index (χ2n) is 4.51. The summed E-state index contributed by atoms with van der Waals surface area (Å²) in [6.45, 7) is 5.88. The number of hydrogen-bond acceptors (Lipinski definition) is 3. The molecule has 2 unspecified atom stereocenters. The maximum absolute atomic E-state index is 12.8. The number of hydrogen-bond donors (Lipinski definition) is 2. The molecule has 0 spiro atoms. The molecule has 2 atom stereocenters. The van der Waals surface area contributed by atoms with Gasteiger partial charge in [-0.05, 0) is 27.7 Å². The Morgan fingerprint density at radius 1 is 1.44 bits per heavy atom. The Labute approximate surface area is 94.0 Å². The van der Waals surface area contributed by atoms with Crippen LogP contribution in [0.1, 0.15) is 27.7 Å². The number of alkyl halides is 1. The number of carboxylic acid groups (broad SMARTS) is 1. The van der Waals surface area contributed by atoms with Gasteiger partial charge in [0.1, 0.15) is 17.7 Å². The molecule has 2 N–H and O–H groups in total. The summed E-state index contributed by atoms with van der Waals surface area (Å²) in [7, 11) is 0. The van der Waals surface area contributed by atoms with Crippen molar-refractivity contribution in [1.29, 1.82) is 0 Å². The standard InChI is InChI=1S/C10H18FNO4/c1-6(11)7(8(13)14)5-12-9(15)16-10(2,3)4/h6-7H,5H2,1-4H3,(H,12,15)(H,13,14). The normalized spacial score (nSPS) is 15.1. The molecule has 0 radical (unpaired) electrons. The van der Waals surface area contributed by atoms with Crippen molar-refractivity contribution in [1.82, 2.24) is 5.32 Å². The first-order valence-corrected chi connectivity index (χ1v) is 4.97. The van der Waals surface area contributed by atoms with Gasteiger partial charge in [-0.15, -0.1) is 0 Å². The van der Waals surface area contributed by atoms with Crippen LogP contribution in [0.15, 0.2) is 0 Å². The van der Waals surface area contributed by atoms with Crippen molar-refractivity contribution in [3.63, 3.8) is 0 Å². The summed E-state index contributed by atoms with van der Waals surface area (Å²) in [4.78, 5) is 21.8. The molecule has 0 bridgehead atoms. The van der Waals surface area contributed by atoms with Crippen molar-refractivity contribution >= 4 is 12.1 Å². The van der Waals surface area contributed by atoms with Crippen LogP contribution in [0.3, 0.4) is 0 Å². The van der Waals surface area contributed by atoms with E-state index in [2.05, 4.69) is 5.32 Å². The number of ether oxygens (including phenoxy) is 1. The molecule has 0 fully saturated rings. The Morgan fingerprint density at radius 3 is 2.25 bits per heavy atom. The summed E-state index contributed by atoms with van der Waals surface area (Å²) in [6, 6.07) is 0. The molecule has 0 aromatic heterocycles. The number of rotatable bonds is 4. The van der Waals surface area contributed by atoms with Gasteiger partial charge in [0.05, 0.1) is 0 Å². The zero-order valence-corrected chi connectivity index (χ0v) is 9.91. The zero-order valence-electron chi connectivity index (χ0n) is 9.91. The third-order valence-electron chi connectivity index (χ3n) is 1.74. The number of nitrogens with one attached hydrogen (secondary N) is 1. The highest BCUT2D eigenvalue weighted by molar-refractivity contribution is 5.73. The number of amides is 1. The van der Waals surface area contributed by atoms with Crippen molar-refractivity contribution in [2.24, 2.45) is 5.92 Å². The van der Waals surface area contributed by atoms with Gasteiger partial charge in [0.15, 0.2) is 0 Å². The molecule has 94 valence electrons. The summed E-state index contributed by atoms with van der Waals surface area (Å²) >= 11 is 0. The predicted octanol–water partition coefficient (Wildman–Crippen LogP) is 1.57. The Morgan fingerprint density at radius 2 is 1.94 bits per heavy atom. The average molecular weight is 235 g/mol. The van der Waals surface area contributed by atoms with E-state index in [1.54, 1.807) is 20.8 Å². The van der Waals surface area contributed by atoms with Crippen LogP contribution in [0.2, 0.25) is 0 Å². The molecule has 0 saturated carbocycles. The number of carbonyl (C=O) groups is 2. The molecule has 5 nitrogen and oxygen atoms in total. The van der Waals surface area contributed by atoms with Gasteiger partial charge >= 0.3 is 12.1 Å². The largest absolute Gasteiger partial charge is 0.481 e. The number of aliphatic carboxylic acids is 1. The van der Waals surface area contributed by atoms with Crippen LogP contribution in [0.25, 0.3) is 0 Å². The third kappa shape index (κ3) is 6.21. The summed E-state index contributed by atoms with van der Waals surface area (Å²) in [5, 5.41) is 10.9. The van der Waals surface area contributed by atoms with Crippen molar-refractivity contribution in [2.75, 3.05) is 6.54 Å². The monoisotopic (exact) mass is 235 g/mol. The van der Waals surface area contributed by atoms with Gasteiger partial charge in [-0.3, -0.25) is 4.79 Å². The van der Waals surface area contributed by atoms with Crippen LogP contribution in [0.5, 0.6) is 0 Å². The Kier molecular flexibility index (Phi) is 5.20. The highest BCUT2D eigenvalue weighted by atomic mass is 19.1. The smallest absolute Gasteiger partial charge is 0.407 e. The van der Waals surface area contributed by atoms with Gasteiger partial charge in [-0.25, -0.2) is 9.18 Å². The van der Waals surface area contributed by atoms with Crippen molar-refractivity contribution in [3.8, 4) is 0 Å². The highest BCUT2D eigenvalue weighted by Gasteiger charge is 2.26. The number of halogens is 1. The van der Waals surface area contributed by atoms with Crippen LogP contribution >= 0.6 is 0 Å². The molecule has 16 heavy (non-hydrogen) atoms. The fraction of sp³-hybridized carbons (Fsp3) is 0.800. The van der Waals surface area contributed by atoms with Gasteiger partial charge in [-0.2, -0.15) is 0 Å². The predicted molar refractivity (Wildman–Crippen MR) is 55.9 cm³/mol. The summed E-state index contributed by atoms with van der Waals surface area (Å²) in [5.74, 6) is -2.54. The lowest BCUT2D eigenvalue weighted by Gasteiger charge is -2.21. The van der Waals surface area contributed by atoms with Gasteiger partial charge in [-0.1, -0.05) is 0 Å². The first-order chi connectivity index (χ1) is 7.13. The number of carboxylic acids is 1. The van der Waals surface area contributed by atoms with Crippen LogP contribution in [-0.2, 0) is 9.53 Å². The highest BCUT2D eigenvalue weighted by Crippen LogP contribution is 2.09. The van der Waals surface area contributed by atoms with Crippen molar-refractivity contribution in [3.05, 3.63) is 0 Å².